The Morgan fingerprint density at radius 3 is 2.45 bits per heavy atom. The van der Waals surface area contributed by atoms with Crippen LogP contribution in [0.1, 0.15) is 28.1 Å². The van der Waals surface area contributed by atoms with Gasteiger partial charge in [0.15, 0.2) is 0 Å². The highest BCUT2D eigenvalue weighted by atomic mass is 32.2. The van der Waals surface area contributed by atoms with Crippen molar-refractivity contribution in [3.05, 3.63) is 46.2 Å². The standard InChI is InChI=1S/C22H29N3O4S2/c1-17-2-4-19(5-3-17)23-31(27,28)20-8-15-30-21(20)22(26)25-9-6-18(7-10-25)16-24-11-13-29-14-12-24/h2-5,8,15,18,23H,6-7,9-14,16H2,1H3. The van der Waals surface area contributed by atoms with Crippen molar-refractivity contribution >= 4 is 33.0 Å². The first-order valence-corrected chi connectivity index (χ1v) is 13.0. The van der Waals surface area contributed by atoms with E-state index in [1.54, 1.807) is 22.4 Å². The summed E-state index contributed by atoms with van der Waals surface area (Å²) < 4.78 is 33.9. The molecule has 0 spiro atoms. The topological polar surface area (TPSA) is 79.0 Å². The number of likely N-dealkylation sites (tertiary alicyclic amines) is 1. The van der Waals surface area contributed by atoms with E-state index in [-0.39, 0.29) is 15.7 Å². The number of ether oxygens (including phenoxy) is 1. The van der Waals surface area contributed by atoms with Crippen molar-refractivity contribution in [2.24, 2.45) is 5.92 Å². The van der Waals surface area contributed by atoms with Crippen molar-refractivity contribution in [2.75, 3.05) is 50.7 Å². The summed E-state index contributed by atoms with van der Waals surface area (Å²) in [5.74, 6) is 0.376. The van der Waals surface area contributed by atoms with Crippen molar-refractivity contribution in [1.82, 2.24) is 9.80 Å². The Hall–Kier alpha value is -1.94. The van der Waals surface area contributed by atoms with Crippen molar-refractivity contribution in [2.45, 2.75) is 24.7 Å². The van der Waals surface area contributed by atoms with Gasteiger partial charge in [0.25, 0.3) is 15.9 Å². The minimum absolute atomic E-state index is 0.0542. The first-order valence-electron chi connectivity index (χ1n) is 10.7. The average Bonchev–Trinajstić information content (AvgIpc) is 3.27. The Morgan fingerprint density at radius 2 is 1.77 bits per heavy atom. The number of aryl methyl sites for hydroxylation is 1. The predicted octanol–water partition coefficient (Wildman–Crippen LogP) is 3.04. The van der Waals surface area contributed by atoms with E-state index in [4.69, 9.17) is 4.74 Å². The molecule has 0 aliphatic carbocycles. The number of nitrogens with zero attached hydrogens (tertiary/aromatic N) is 2. The van der Waals surface area contributed by atoms with Crippen LogP contribution in [0, 0.1) is 12.8 Å². The summed E-state index contributed by atoms with van der Waals surface area (Å²) in [6, 6.07) is 8.65. The summed E-state index contributed by atoms with van der Waals surface area (Å²) >= 11 is 1.19. The van der Waals surface area contributed by atoms with E-state index >= 15 is 0 Å². The lowest BCUT2D eigenvalue weighted by Crippen LogP contribution is -2.44. The van der Waals surface area contributed by atoms with Gasteiger partial charge in [-0.05, 0) is 49.3 Å². The van der Waals surface area contributed by atoms with Gasteiger partial charge in [-0.3, -0.25) is 14.4 Å². The number of rotatable bonds is 6. The normalized spacial score (nSPS) is 18.8. The Morgan fingerprint density at radius 1 is 1.10 bits per heavy atom. The minimum atomic E-state index is -3.83. The molecule has 0 unspecified atom stereocenters. The lowest BCUT2D eigenvalue weighted by molar-refractivity contribution is 0.0243. The molecule has 2 aromatic rings. The van der Waals surface area contributed by atoms with Crippen LogP contribution in [0.4, 0.5) is 5.69 Å². The number of hydrogen-bond donors (Lipinski definition) is 1. The number of piperidine rings is 1. The fourth-order valence-corrected chi connectivity index (χ4v) is 6.56. The van der Waals surface area contributed by atoms with Gasteiger partial charge >= 0.3 is 0 Å². The fraction of sp³-hybridized carbons (Fsp3) is 0.500. The monoisotopic (exact) mass is 463 g/mol. The smallest absolute Gasteiger partial charge is 0.265 e. The molecular weight excluding hydrogens is 434 g/mol. The molecule has 0 atom stereocenters. The number of nitrogens with one attached hydrogen (secondary N) is 1. The molecule has 9 heteroatoms. The maximum atomic E-state index is 13.1. The summed E-state index contributed by atoms with van der Waals surface area (Å²) in [6.45, 7) is 7.86. The molecule has 1 aromatic carbocycles. The van der Waals surface area contributed by atoms with E-state index < -0.39 is 10.0 Å². The van der Waals surface area contributed by atoms with E-state index in [1.807, 2.05) is 19.1 Å². The highest BCUT2D eigenvalue weighted by Crippen LogP contribution is 2.28. The van der Waals surface area contributed by atoms with Crippen LogP contribution in [0.2, 0.25) is 0 Å². The van der Waals surface area contributed by atoms with E-state index in [2.05, 4.69) is 9.62 Å². The highest BCUT2D eigenvalue weighted by Gasteiger charge is 2.30. The number of thiophene rings is 1. The van der Waals surface area contributed by atoms with E-state index in [1.165, 1.54) is 17.4 Å². The number of amides is 1. The highest BCUT2D eigenvalue weighted by molar-refractivity contribution is 7.93. The third kappa shape index (κ3) is 5.46. The molecule has 3 heterocycles. The van der Waals surface area contributed by atoms with Crippen LogP contribution >= 0.6 is 11.3 Å². The molecule has 0 bridgehead atoms. The number of carbonyl (C=O) groups excluding carboxylic acids is 1. The quantitative estimate of drug-likeness (QED) is 0.712. The largest absolute Gasteiger partial charge is 0.379 e. The average molecular weight is 464 g/mol. The van der Waals surface area contributed by atoms with Crippen LogP contribution in [0.25, 0.3) is 0 Å². The zero-order valence-electron chi connectivity index (χ0n) is 17.7. The summed E-state index contributed by atoms with van der Waals surface area (Å²) in [5.41, 5.74) is 1.53. The first kappa shape index (κ1) is 22.3. The van der Waals surface area contributed by atoms with E-state index in [9.17, 15) is 13.2 Å². The SMILES string of the molecule is Cc1ccc(NS(=O)(=O)c2ccsc2C(=O)N2CCC(CN3CCOCC3)CC2)cc1. The number of anilines is 1. The molecule has 7 nitrogen and oxygen atoms in total. The number of sulfonamides is 1. The molecule has 0 saturated carbocycles. The van der Waals surface area contributed by atoms with Crippen LogP contribution in [-0.4, -0.2) is 70.1 Å². The molecule has 4 rings (SSSR count). The zero-order valence-corrected chi connectivity index (χ0v) is 19.4. The van der Waals surface area contributed by atoms with Gasteiger partial charge in [-0.2, -0.15) is 0 Å². The van der Waals surface area contributed by atoms with Crippen molar-refractivity contribution < 1.29 is 17.9 Å². The lowest BCUT2D eigenvalue weighted by atomic mass is 9.96. The maximum Gasteiger partial charge on any atom is 0.265 e. The van der Waals surface area contributed by atoms with E-state index in [0.29, 0.717) is 24.7 Å². The second kappa shape index (κ2) is 9.68. The van der Waals surface area contributed by atoms with Crippen molar-refractivity contribution in [3.63, 3.8) is 0 Å². The zero-order chi connectivity index (χ0) is 21.8. The van der Waals surface area contributed by atoms with Crippen molar-refractivity contribution in [1.29, 1.82) is 0 Å². The molecular formula is C22H29N3O4S2. The van der Waals surface area contributed by atoms with Gasteiger partial charge in [-0.15, -0.1) is 11.3 Å². The van der Waals surface area contributed by atoms with Gasteiger partial charge in [-0.25, -0.2) is 8.42 Å². The summed E-state index contributed by atoms with van der Waals surface area (Å²) in [5, 5.41) is 1.67. The number of carbonyl (C=O) groups is 1. The summed E-state index contributed by atoms with van der Waals surface area (Å²) in [4.78, 5) is 17.7. The van der Waals surface area contributed by atoms with E-state index in [0.717, 1.165) is 51.3 Å². The second-order valence-electron chi connectivity index (χ2n) is 8.23. The third-order valence-electron chi connectivity index (χ3n) is 5.94. The predicted molar refractivity (Wildman–Crippen MR) is 122 cm³/mol. The summed E-state index contributed by atoms with van der Waals surface area (Å²) in [6.07, 6.45) is 1.89. The Labute approximate surface area is 188 Å². The molecule has 2 aliphatic heterocycles. The van der Waals surface area contributed by atoms with Gasteiger partial charge in [-0.1, -0.05) is 17.7 Å². The van der Waals surface area contributed by atoms with Crippen LogP contribution in [0.3, 0.4) is 0 Å². The molecule has 1 N–H and O–H groups in total. The molecule has 1 amide bonds. The Kier molecular flexibility index (Phi) is 6.95. The second-order valence-corrected chi connectivity index (χ2v) is 10.8. The molecule has 2 aliphatic rings. The fourth-order valence-electron chi connectivity index (χ4n) is 4.11. The van der Waals surface area contributed by atoms with Gasteiger partial charge in [0.2, 0.25) is 0 Å². The first-order chi connectivity index (χ1) is 14.9. The number of morpholine rings is 1. The maximum absolute atomic E-state index is 13.1. The number of hydrogen-bond acceptors (Lipinski definition) is 6. The van der Waals surface area contributed by atoms with Crippen LogP contribution in [0.5, 0.6) is 0 Å². The summed E-state index contributed by atoms with van der Waals surface area (Å²) in [7, 11) is -3.83. The van der Waals surface area contributed by atoms with Gasteiger partial charge < -0.3 is 9.64 Å². The third-order valence-corrected chi connectivity index (χ3v) is 8.39. The molecule has 31 heavy (non-hydrogen) atoms. The molecule has 0 radical (unpaired) electrons. The van der Waals surface area contributed by atoms with Crippen molar-refractivity contribution in [3.8, 4) is 0 Å². The molecule has 2 fully saturated rings. The van der Waals surface area contributed by atoms with Gasteiger partial charge in [0.05, 0.1) is 13.2 Å². The lowest BCUT2D eigenvalue weighted by Gasteiger charge is -2.36. The minimum Gasteiger partial charge on any atom is -0.379 e. The number of benzene rings is 1. The van der Waals surface area contributed by atoms with Crippen LogP contribution in [0.15, 0.2) is 40.6 Å². The molecule has 2 saturated heterocycles. The Bertz CT molecular complexity index is 990. The Balaban J connectivity index is 1.39. The van der Waals surface area contributed by atoms with Crippen LogP contribution in [-0.2, 0) is 14.8 Å². The molecule has 168 valence electrons. The molecule has 1 aromatic heterocycles. The van der Waals surface area contributed by atoms with Gasteiger partial charge in [0, 0.05) is 38.4 Å². The van der Waals surface area contributed by atoms with Gasteiger partial charge in [0.1, 0.15) is 9.77 Å². The van der Waals surface area contributed by atoms with Crippen LogP contribution < -0.4 is 4.72 Å².